The Morgan fingerprint density at radius 1 is 1.21 bits per heavy atom. The first-order valence-corrected chi connectivity index (χ1v) is 10.5. The Labute approximate surface area is 152 Å². The van der Waals surface area contributed by atoms with Crippen LogP contribution < -0.4 is 0 Å². The number of rotatable bonds is 7. The molecule has 0 radical (unpaired) electrons. The van der Waals surface area contributed by atoms with Gasteiger partial charge in [-0.1, -0.05) is 53.6 Å². The summed E-state index contributed by atoms with van der Waals surface area (Å²) in [5, 5.41) is 0. The molecular formula is C20H23NOS2. The summed E-state index contributed by atoms with van der Waals surface area (Å²) in [5.41, 5.74) is 5.02. The van der Waals surface area contributed by atoms with Gasteiger partial charge >= 0.3 is 0 Å². The first-order chi connectivity index (χ1) is 11.6. The summed E-state index contributed by atoms with van der Waals surface area (Å²) in [6.45, 7) is 8.00. The maximum absolute atomic E-state index is 12.8. The Bertz CT molecular complexity index is 705. The molecule has 1 aliphatic heterocycles. The number of benzene rings is 1. The summed E-state index contributed by atoms with van der Waals surface area (Å²) in [6.07, 6.45) is 9.80. The zero-order valence-corrected chi connectivity index (χ0v) is 15.9. The van der Waals surface area contributed by atoms with Gasteiger partial charge in [-0.05, 0) is 55.9 Å². The summed E-state index contributed by atoms with van der Waals surface area (Å²) >= 11 is 0. The van der Waals surface area contributed by atoms with Gasteiger partial charge in [0, 0.05) is 11.0 Å². The third-order valence-electron chi connectivity index (χ3n) is 4.61. The van der Waals surface area contributed by atoms with Crippen LogP contribution in [0.1, 0.15) is 37.3 Å². The molecule has 1 aromatic rings. The molecule has 0 N–H and O–H groups in total. The summed E-state index contributed by atoms with van der Waals surface area (Å²) in [6, 6.07) is 8.71. The molecule has 0 spiro atoms. The van der Waals surface area contributed by atoms with Crippen LogP contribution in [0.25, 0.3) is 0 Å². The molecule has 1 aromatic carbocycles. The van der Waals surface area contributed by atoms with Crippen LogP contribution in [-0.2, 0) is 11.2 Å². The van der Waals surface area contributed by atoms with Crippen LogP contribution in [-0.4, -0.2) is 15.0 Å². The standard InChI is InChI=1S/C20H23NOS2/c1-4-12-20(5-2)19(22)21(24-23-20)18-13-17(14-18)11-10-16-8-6-15(3)7-9-16/h4,6-9,13-14H,1,5,10-12H2,2-3H3. The Balaban J connectivity index is 1.56. The lowest BCUT2D eigenvalue weighted by Crippen LogP contribution is -2.37. The lowest BCUT2D eigenvalue weighted by Gasteiger charge is -2.25. The molecule has 1 amide bonds. The van der Waals surface area contributed by atoms with Gasteiger partial charge in [-0.2, -0.15) is 0 Å². The van der Waals surface area contributed by atoms with Crippen LogP contribution in [0.5, 0.6) is 0 Å². The predicted octanol–water partition coefficient (Wildman–Crippen LogP) is 5.62. The molecule has 4 heteroatoms. The molecule has 1 aliphatic carbocycles. The lowest BCUT2D eigenvalue weighted by atomic mass is 9.95. The van der Waals surface area contributed by atoms with E-state index in [-0.39, 0.29) is 10.7 Å². The van der Waals surface area contributed by atoms with Crippen molar-refractivity contribution in [1.29, 1.82) is 0 Å². The van der Waals surface area contributed by atoms with Crippen molar-refractivity contribution in [3.05, 3.63) is 71.5 Å². The Hall–Kier alpha value is -1.39. The normalized spacial score (nSPS) is 22.9. The predicted molar refractivity (Wildman–Crippen MR) is 106 cm³/mol. The second-order valence-corrected chi connectivity index (χ2v) is 8.78. The highest BCUT2D eigenvalue weighted by Crippen LogP contribution is 2.54. The summed E-state index contributed by atoms with van der Waals surface area (Å²) < 4.78 is 1.52. The van der Waals surface area contributed by atoms with E-state index < -0.39 is 0 Å². The highest BCUT2D eigenvalue weighted by molar-refractivity contribution is 8.77. The molecule has 2 nitrogen and oxygen atoms in total. The zero-order valence-electron chi connectivity index (χ0n) is 14.2. The molecule has 24 heavy (non-hydrogen) atoms. The number of aryl methyl sites for hydroxylation is 2. The molecule has 126 valence electrons. The largest absolute Gasteiger partial charge is 0.272 e. The second kappa shape index (κ2) is 7.24. The van der Waals surface area contributed by atoms with Gasteiger partial charge in [0.2, 0.25) is 0 Å². The van der Waals surface area contributed by atoms with Crippen molar-refractivity contribution in [1.82, 2.24) is 4.31 Å². The van der Waals surface area contributed by atoms with Crippen molar-refractivity contribution in [3.8, 4) is 0 Å². The highest BCUT2D eigenvalue weighted by Gasteiger charge is 2.48. The van der Waals surface area contributed by atoms with Crippen LogP contribution in [0.4, 0.5) is 0 Å². The fourth-order valence-corrected chi connectivity index (χ4v) is 5.96. The molecule has 2 aliphatic rings. The minimum Gasteiger partial charge on any atom is -0.272 e. The molecule has 0 saturated carbocycles. The number of carbonyl (C=O) groups is 1. The van der Waals surface area contributed by atoms with Crippen molar-refractivity contribution in [2.24, 2.45) is 0 Å². The molecule has 0 aromatic heterocycles. The summed E-state index contributed by atoms with van der Waals surface area (Å²) in [4.78, 5) is 12.8. The van der Waals surface area contributed by atoms with Gasteiger partial charge in [-0.15, -0.1) is 6.58 Å². The van der Waals surface area contributed by atoms with E-state index in [1.165, 1.54) is 16.7 Å². The number of carbonyl (C=O) groups excluding carboxylic acids is 1. The van der Waals surface area contributed by atoms with E-state index in [1.807, 2.05) is 10.4 Å². The van der Waals surface area contributed by atoms with Crippen LogP contribution in [0.3, 0.4) is 0 Å². The third-order valence-corrected chi connectivity index (χ3v) is 7.79. The topological polar surface area (TPSA) is 20.3 Å². The van der Waals surface area contributed by atoms with Crippen molar-refractivity contribution >= 4 is 27.7 Å². The minimum atomic E-state index is -0.335. The van der Waals surface area contributed by atoms with Gasteiger partial charge in [-0.25, -0.2) is 4.31 Å². The summed E-state index contributed by atoms with van der Waals surface area (Å²) in [5.74, 6) is 0.208. The first-order valence-electron chi connectivity index (χ1n) is 8.37. The minimum absolute atomic E-state index is 0.208. The van der Waals surface area contributed by atoms with E-state index in [2.05, 4.69) is 56.8 Å². The maximum Gasteiger partial charge on any atom is 0.255 e. The average Bonchev–Trinajstić information content (AvgIpc) is 2.86. The van der Waals surface area contributed by atoms with Crippen LogP contribution in [0.15, 0.2) is 60.3 Å². The lowest BCUT2D eigenvalue weighted by molar-refractivity contribution is -0.126. The van der Waals surface area contributed by atoms with Crippen LogP contribution in [0, 0.1) is 6.92 Å². The van der Waals surface area contributed by atoms with Crippen molar-refractivity contribution in [3.63, 3.8) is 0 Å². The van der Waals surface area contributed by atoms with E-state index in [9.17, 15) is 4.79 Å². The second-order valence-electron chi connectivity index (χ2n) is 6.37. The van der Waals surface area contributed by atoms with E-state index >= 15 is 0 Å². The van der Waals surface area contributed by atoms with Crippen LogP contribution >= 0.6 is 21.8 Å². The molecule has 1 heterocycles. The fourth-order valence-electron chi connectivity index (χ4n) is 2.90. The highest BCUT2D eigenvalue weighted by atomic mass is 33.1. The van der Waals surface area contributed by atoms with Gasteiger partial charge < -0.3 is 0 Å². The van der Waals surface area contributed by atoms with Gasteiger partial charge in [0.05, 0.1) is 5.70 Å². The SMILES string of the molecule is C=CCC1(CC)SSN(C2=CC(CCc3ccc(C)cc3)=C2)C1=O. The van der Waals surface area contributed by atoms with Crippen molar-refractivity contribution in [2.75, 3.05) is 0 Å². The van der Waals surface area contributed by atoms with Crippen molar-refractivity contribution < 1.29 is 4.79 Å². The number of nitrogens with zero attached hydrogens (tertiary/aromatic N) is 1. The van der Waals surface area contributed by atoms with Gasteiger partial charge in [0.15, 0.2) is 0 Å². The van der Waals surface area contributed by atoms with Gasteiger partial charge in [-0.3, -0.25) is 4.79 Å². The zero-order chi connectivity index (χ0) is 17.2. The number of allylic oxidation sites excluding steroid dienone is 4. The van der Waals surface area contributed by atoms with Gasteiger partial charge in [0.25, 0.3) is 5.91 Å². The van der Waals surface area contributed by atoms with E-state index in [0.29, 0.717) is 0 Å². The molecule has 3 rings (SSSR count). The van der Waals surface area contributed by atoms with E-state index in [1.54, 1.807) is 21.8 Å². The number of amides is 1. The number of hydrogen-bond acceptors (Lipinski definition) is 3. The first kappa shape index (κ1) is 17.4. The van der Waals surface area contributed by atoms with E-state index in [4.69, 9.17) is 0 Å². The smallest absolute Gasteiger partial charge is 0.255 e. The quantitative estimate of drug-likeness (QED) is 0.359. The molecule has 1 saturated heterocycles. The maximum atomic E-state index is 12.8. The molecule has 1 atom stereocenters. The average molecular weight is 358 g/mol. The fraction of sp³-hybridized carbons (Fsp3) is 0.350. The third kappa shape index (κ3) is 3.35. The van der Waals surface area contributed by atoms with Crippen molar-refractivity contribution in [2.45, 2.75) is 44.3 Å². The summed E-state index contributed by atoms with van der Waals surface area (Å²) in [7, 11) is 3.24. The number of hydrogen-bond donors (Lipinski definition) is 0. The van der Waals surface area contributed by atoms with Gasteiger partial charge in [0.1, 0.15) is 4.75 Å². The molecular weight excluding hydrogens is 334 g/mol. The molecule has 1 fully saturated rings. The Kier molecular flexibility index (Phi) is 5.26. The Morgan fingerprint density at radius 3 is 2.54 bits per heavy atom. The van der Waals surface area contributed by atoms with E-state index in [0.717, 1.165) is 31.4 Å². The monoisotopic (exact) mass is 357 g/mol. The van der Waals surface area contributed by atoms with Crippen LogP contribution in [0.2, 0.25) is 0 Å². The molecule has 0 bridgehead atoms. The Morgan fingerprint density at radius 2 is 1.92 bits per heavy atom. The molecule has 1 unspecified atom stereocenters.